The number of aliphatic hydroxyl groups excluding tert-OH is 1. The molecule has 1 rings (SSSR count). The highest BCUT2D eigenvalue weighted by atomic mass is 19.3. The van der Waals surface area contributed by atoms with E-state index in [9.17, 15) is 13.6 Å². The second kappa shape index (κ2) is 11.0. The molecule has 2 atom stereocenters. The highest BCUT2D eigenvalue weighted by Crippen LogP contribution is 2.44. The van der Waals surface area contributed by atoms with Crippen LogP contribution in [0.15, 0.2) is 0 Å². The van der Waals surface area contributed by atoms with Gasteiger partial charge in [0.2, 0.25) is 5.92 Å². The number of hydrogen-bond donors (Lipinski definition) is 1. The Morgan fingerprint density at radius 1 is 1.30 bits per heavy atom. The van der Waals surface area contributed by atoms with Crippen LogP contribution >= 0.6 is 0 Å². The van der Waals surface area contributed by atoms with Crippen LogP contribution in [0, 0.1) is 17.8 Å². The van der Waals surface area contributed by atoms with E-state index in [2.05, 4.69) is 4.74 Å². The Kier molecular flexibility index (Phi) is 11.9. The fraction of sp³-hybridized carbons (Fsp3) is 0.933. The Bertz CT molecular complexity index is 242. The molecule has 1 aliphatic carbocycles. The van der Waals surface area contributed by atoms with Crippen molar-refractivity contribution >= 4 is 5.97 Å². The first kappa shape index (κ1) is 21.6. The maximum absolute atomic E-state index is 12.7. The lowest BCUT2D eigenvalue weighted by molar-refractivity contribution is -0.144. The maximum atomic E-state index is 12.7. The van der Waals surface area contributed by atoms with Crippen molar-refractivity contribution in [3.05, 3.63) is 0 Å². The molecule has 1 fully saturated rings. The summed E-state index contributed by atoms with van der Waals surface area (Å²) in [5.74, 6) is -2.82. The molecule has 0 aromatic heterocycles. The number of ether oxygens (including phenoxy) is 1. The summed E-state index contributed by atoms with van der Waals surface area (Å²) in [5, 5.41) is 8.77. The van der Waals surface area contributed by atoms with Gasteiger partial charge >= 0.3 is 5.97 Å². The number of carbonyl (C=O) groups is 1. The van der Waals surface area contributed by atoms with Crippen molar-refractivity contribution in [2.24, 2.45) is 17.8 Å². The monoisotopic (exact) mass is 296 g/mol. The molecule has 1 N–H and O–H groups in total. The van der Waals surface area contributed by atoms with Crippen molar-refractivity contribution in [3.8, 4) is 0 Å². The van der Waals surface area contributed by atoms with Crippen molar-refractivity contribution in [1.29, 1.82) is 0 Å². The van der Waals surface area contributed by atoms with Crippen molar-refractivity contribution in [1.82, 2.24) is 0 Å². The third kappa shape index (κ3) is 8.46. The van der Waals surface area contributed by atoms with Crippen LogP contribution in [0.2, 0.25) is 0 Å². The van der Waals surface area contributed by atoms with Crippen molar-refractivity contribution in [2.45, 2.75) is 59.8 Å². The van der Waals surface area contributed by atoms with E-state index < -0.39 is 5.92 Å². The second-order valence-electron chi connectivity index (χ2n) is 5.05. The van der Waals surface area contributed by atoms with Gasteiger partial charge in [0.1, 0.15) is 0 Å². The summed E-state index contributed by atoms with van der Waals surface area (Å²) in [6.07, 6.45) is 0.595. The number of aliphatic hydroxyl groups is 1. The van der Waals surface area contributed by atoms with Crippen LogP contribution in [0.3, 0.4) is 0 Å². The summed E-state index contributed by atoms with van der Waals surface area (Å²) in [4.78, 5) is 10.3. The summed E-state index contributed by atoms with van der Waals surface area (Å²) >= 11 is 0. The minimum atomic E-state index is -2.52. The predicted molar refractivity (Wildman–Crippen MR) is 76.7 cm³/mol. The normalized spacial score (nSPS) is 23.3. The first-order valence-electron chi connectivity index (χ1n) is 7.33. The highest BCUT2D eigenvalue weighted by molar-refractivity contribution is 5.71. The van der Waals surface area contributed by atoms with E-state index in [1.807, 2.05) is 20.8 Å². The van der Waals surface area contributed by atoms with Gasteiger partial charge in [-0.25, -0.2) is 8.78 Å². The van der Waals surface area contributed by atoms with Gasteiger partial charge in [-0.3, -0.25) is 4.79 Å². The first-order valence-corrected chi connectivity index (χ1v) is 7.33. The van der Waals surface area contributed by atoms with Gasteiger partial charge in [-0.15, -0.1) is 0 Å². The molecule has 0 aromatic rings. The lowest BCUT2D eigenvalue weighted by atomic mass is 9.95. The summed E-state index contributed by atoms with van der Waals surface area (Å²) in [6, 6.07) is 0. The van der Waals surface area contributed by atoms with E-state index in [1.54, 1.807) is 13.8 Å². The number of carbonyl (C=O) groups excluding carboxylic acids is 1. The third-order valence-corrected chi connectivity index (χ3v) is 3.22. The Morgan fingerprint density at radius 3 is 1.95 bits per heavy atom. The smallest absolute Gasteiger partial charge is 0.308 e. The molecule has 3 nitrogen and oxygen atoms in total. The highest BCUT2D eigenvalue weighted by Gasteiger charge is 2.44. The molecule has 5 heteroatoms. The summed E-state index contributed by atoms with van der Waals surface area (Å²) in [6.45, 7) is 9.40. The number of methoxy groups -OCH3 is 1. The van der Waals surface area contributed by atoms with Crippen LogP contribution < -0.4 is 0 Å². The number of halogens is 2. The van der Waals surface area contributed by atoms with Gasteiger partial charge in [0.25, 0.3) is 0 Å². The molecular weight excluding hydrogens is 266 g/mol. The topological polar surface area (TPSA) is 46.5 Å². The largest absolute Gasteiger partial charge is 0.469 e. The molecule has 122 valence electrons. The van der Waals surface area contributed by atoms with Gasteiger partial charge in [-0.1, -0.05) is 41.0 Å². The van der Waals surface area contributed by atoms with Crippen LogP contribution in [0.4, 0.5) is 8.78 Å². The molecule has 2 unspecified atom stereocenters. The third-order valence-electron chi connectivity index (χ3n) is 3.22. The second-order valence-corrected chi connectivity index (χ2v) is 5.05. The fourth-order valence-corrected chi connectivity index (χ4v) is 2.11. The number of esters is 1. The van der Waals surface area contributed by atoms with Crippen LogP contribution in [-0.2, 0) is 9.53 Å². The molecular formula is C15H30F2O3. The van der Waals surface area contributed by atoms with Crippen molar-refractivity contribution in [2.75, 3.05) is 13.7 Å². The zero-order valence-electron chi connectivity index (χ0n) is 13.6. The molecule has 0 amide bonds. The maximum Gasteiger partial charge on any atom is 0.308 e. The molecule has 0 aliphatic heterocycles. The van der Waals surface area contributed by atoms with E-state index in [0.717, 1.165) is 6.42 Å². The Morgan fingerprint density at radius 2 is 1.75 bits per heavy atom. The van der Waals surface area contributed by atoms with Gasteiger partial charge in [0.15, 0.2) is 0 Å². The van der Waals surface area contributed by atoms with E-state index in [-0.39, 0.29) is 43.2 Å². The summed E-state index contributed by atoms with van der Waals surface area (Å²) in [5.41, 5.74) is 0. The van der Waals surface area contributed by atoms with E-state index >= 15 is 0 Å². The minimum Gasteiger partial charge on any atom is -0.469 e. The molecule has 0 saturated heterocycles. The number of alkyl halides is 2. The quantitative estimate of drug-likeness (QED) is 0.804. The van der Waals surface area contributed by atoms with Gasteiger partial charge in [0.05, 0.1) is 13.0 Å². The molecule has 0 spiro atoms. The molecule has 20 heavy (non-hydrogen) atoms. The predicted octanol–water partition coefficient (Wildman–Crippen LogP) is 3.89. The Labute approximate surface area is 121 Å². The Balaban J connectivity index is 0. The van der Waals surface area contributed by atoms with E-state index in [1.165, 1.54) is 7.11 Å². The number of hydrogen-bond acceptors (Lipinski definition) is 3. The lowest BCUT2D eigenvalue weighted by Gasteiger charge is -2.12. The van der Waals surface area contributed by atoms with Crippen molar-refractivity contribution in [3.63, 3.8) is 0 Å². The number of rotatable bonds is 3. The van der Waals surface area contributed by atoms with Gasteiger partial charge < -0.3 is 9.84 Å². The Hall–Kier alpha value is -0.710. The average molecular weight is 296 g/mol. The van der Waals surface area contributed by atoms with Gasteiger partial charge in [-0.05, 0) is 11.8 Å². The van der Waals surface area contributed by atoms with Crippen LogP contribution in [-0.4, -0.2) is 30.7 Å². The zero-order chi connectivity index (χ0) is 16.3. The molecule has 0 radical (unpaired) electrons. The SMILES string of the molecule is CC.CCC1CC(F)(F)CC1CO.COC(=O)C(C)C. The zero-order valence-corrected chi connectivity index (χ0v) is 13.6. The molecule has 1 aliphatic rings. The fourth-order valence-electron chi connectivity index (χ4n) is 2.11. The van der Waals surface area contributed by atoms with Crippen molar-refractivity contribution < 1.29 is 23.4 Å². The van der Waals surface area contributed by atoms with Gasteiger partial charge in [-0.2, -0.15) is 0 Å². The van der Waals surface area contributed by atoms with Crippen LogP contribution in [0.5, 0.6) is 0 Å². The first-order chi connectivity index (χ1) is 9.27. The molecule has 0 aromatic carbocycles. The van der Waals surface area contributed by atoms with Crippen LogP contribution in [0.25, 0.3) is 0 Å². The molecule has 0 heterocycles. The summed E-state index contributed by atoms with van der Waals surface area (Å²) < 4.78 is 29.8. The average Bonchev–Trinajstić information content (AvgIpc) is 2.75. The molecule has 0 bridgehead atoms. The molecule has 1 saturated carbocycles. The summed E-state index contributed by atoms with van der Waals surface area (Å²) in [7, 11) is 1.39. The van der Waals surface area contributed by atoms with E-state index in [0.29, 0.717) is 0 Å². The minimum absolute atomic E-state index is 0.00463. The lowest BCUT2D eigenvalue weighted by Crippen LogP contribution is -2.11. The van der Waals surface area contributed by atoms with Gasteiger partial charge in [0, 0.05) is 19.4 Å². The standard InChI is InChI=1S/C8H14F2O.C5H10O2.C2H6/c1-2-6-3-8(9,10)4-7(6)5-11;1-4(2)5(6)7-3;1-2/h6-7,11H,2-5H2,1H3;4H,1-3H3;1-2H3. The van der Waals surface area contributed by atoms with E-state index in [4.69, 9.17) is 5.11 Å². The van der Waals surface area contributed by atoms with Crippen LogP contribution in [0.1, 0.15) is 53.9 Å².